The molecule has 1 saturated heterocycles. The van der Waals surface area contributed by atoms with Gasteiger partial charge in [0.05, 0.1) is 25.8 Å². The van der Waals surface area contributed by atoms with E-state index in [-0.39, 0.29) is 17.9 Å². The highest BCUT2D eigenvalue weighted by Crippen LogP contribution is 2.42. The quantitative estimate of drug-likeness (QED) is 0.227. The standard InChI is InChI=1S/C27H23BrClNO5/c1-34-21-12-7-16(15-22(21)35-2)13-14-30-24(19-5-3-4-6-20(19)29)23(26(32)27(30)33)25(31)17-8-10-18(28)11-9-17/h3-12,15,24,31H,13-14H2,1-2H3. The van der Waals surface area contributed by atoms with Crippen LogP contribution in [-0.4, -0.2) is 42.5 Å². The van der Waals surface area contributed by atoms with Crippen molar-refractivity contribution < 1.29 is 24.2 Å². The van der Waals surface area contributed by atoms with Crippen molar-refractivity contribution in [2.75, 3.05) is 20.8 Å². The minimum absolute atomic E-state index is 0.0118. The summed E-state index contributed by atoms with van der Waals surface area (Å²) in [7, 11) is 3.12. The van der Waals surface area contributed by atoms with E-state index in [4.69, 9.17) is 21.1 Å². The van der Waals surface area contributed by atoms with Crippen LogP contribution in [0, 0.1) is 0 Å². The number of amides is 1. The third kappa shape index (κ3) is 4.92. The normalized spacial score (nSPS) is 17.0. The van der Waals surface area contributed by atoms with Crippen molar-refractivity contribution in [3.05, 3.63) is 98.5 Å². The van der Waals surface area contributed by atoms with Crippen LogP contribution in [0.25, 0.3) is 5.76 Å². The van der Waals surface area contributed by atoms with Crippen molar-refractivity contribution in [1.29, 1.82) is 0 Å². The summed E-state index contributed by atoms with van der Waals surface area (Å²) in [6.07, 6.45) is 0.451. The first-order valence-corrected chi connectivity index (χ1v) is 12.0. The molecular weight excluding hydrogens is 534 g/mol. The number of benzene rings is 3. The third-order valence-electron chi connectivity index (χ3n) is 5.95. The molecule has 3 aromatic carbocycles. The monoisotopic (exact) mass is 555 g/mol. The van der Waals surface area contributed by atoms with Crippen LogP contribution in [0.5, 0.6) is 11.5 Å². The van der Waals surface area contributed by atoms with Crippen molar-refractivity contribution in [2.45, 2.75) is 12.5 Å². The van der Waals surface area contributed by atoms with Crippen LogP contribution in [0.4, 0.5) is 0 Å². The van der Waals surface area contributed by atoms with E-state index in [1.54, 1.807) is 68.8 Å². The molecule has 8 heteroatoms. The number of hydrogen-bond donors (Lipinski definition) is 1. The van der Waals surface area contributed by atoms with Crippen LogP contribution in [0.3, 0.4) is 0 Å². The maximum atomic E-state index is 13.2. The molecule has 0 aliphatic carbocycles. The first-order chi connectivity index (χ1) is 16.8. The highest BCUT2D eigenvalue weighted by atomic mass is 79.9. The smallest absolute Gasteiger partial charge is 0.295 e. The fourth-order valence-electron chi connectivity index (χ4n) is 4.18. The average Bonchev–Trinajstić information content (AvgIpc) is 3.12. The molecule has 0 spiro atoms. The van der Waals surface area contributed by atoms with Gasteiger partial charge in [-0.15, -0.1) is 0 Å². The summed E-state index contributed by atoms with van der Waals surface area (Å²) in [5, 5.41) is 11.5. The molecule has 1 aliphatic rings. The van der Waals surface area contributed by atoms with Crippen LogP contribution in [0.1, 0.15) is 22.7 Å². The van der Waals surface area contributed by atoms with Gasteiger partial charge >= 0.3 is 0 Å². The second-order valence-corrected chi connectivity index (χ2v) is 9.28. The molecule has 4 rings (SSSR count). The van der Waals surface area contributed by atoms with Crippen LogP contribution in [0.15, 0.2) is 76.8 Å². The van der Waals surface area contributed by atoms with Gasteiger partial charge in [-0.2, -0.15) is 0 Å². The molecule has 1 amide bonds. The summed E-state index contributed by atoms with van der Waals surface area (Å²) in [5.41, 5.74) is 1.91. The van der Waals surface area contributed by atoms with Gasteiger partial charge in [-0.05, 0) is 47.9 Å². The molecule has 6 nitrogen and oxygen atoms in total. The first-order valence-electron chi connectivity index (χ1n) is 10.9. The summed E-state index contributed by atoms with van der Waals surface area (Å²) in [4.78, 5) is 27.8. The van der Waals surface area contributed by atoms with E-state index in [2.05, 4.69) is 15.9 Å². The zero-order valence-electron chi connectivity index (χ0n) is 19.1. The second-order valence-electron chi connectivity index (χ2n) is 7.96. The van der Waals surface area contributed by atoms with Crippen LogP contribution >= 0.6 is 27.5 Å². The van der Waals surface area contributed by atoms with E-state index in [1.165, 1.54) is 4.90 Å². The SMILES string of the molecule is COc1ccc(CCN2C(=O)C(=O)C(=C(O)c3ccc(Br)cc3)C2c2ccccc2Cl)cc1OC. The molecular formula is C27H23BrClNO5. The highest BCUT2D eigenvalue weighted by Gasteiger charge is 2.46. The summed E-state index contributed by atoms with van der Waals surface area (Å²) >= 11 is 9.87. The van der Waals surface area contributed by atoms with Crippen molar-refractivity contribution in [3.8, 4) is 11.5 Å². The molecule has 35 heavy (non-hydrogen) atoms. The zero-order chi connectivity index (χ0) is 25.1. The van der Waals surface area contributed by atoms with E-state index in [9.17, 15) is 14.7 Å². The van der Waals surface area contributed by atoms with E-state index < -0.39 is 17.7 Å². The Morgan fingerprint density at radius 3 is 2.34 bits per heavy atom. The van der Waals surface area contributed by atoms with Gasteiger partial charge in [0.25, 0.3) is 11.7 Å². The number of ketones is 1. The number of rotatable bonds is 7. The summed E-state index contributed by atoms with van der Waals surface area (Å²) in [5.74, 6) is -0.502. The zero-order valence-corrected chi connectivity index (χ0v) is 21.5. The molecule has 0 bridgehead atoms. The van der Waals surface area contributed by atoms with Crippen LogP contribution in [0.2, 0.25) is 5.02 Å². The maximum absolute atomic E-state index is 13.2. The lowest BCUT2D eigenvalue weighted by molar-refractivity contribution is -0.139. The highest BCUT2D eigenvalue weighted by molar-refractivity contribution is 9.10. The lowest BCUT2D eigenvalue weighted by Gasteiger charge is -2.26. The Balaban J connectivity index is 1.75. The van der Waals surface area contributed by atoms with Crippen molar-refractivity contribution >= 4 is 45.0 Å². The molecule has 0 radical (unpaired) electrons. The molecule has 1 unspecified atom stereocenters. The molecule has 1 aliphatic heterocycles. The lowest BCUT2D eigenvalue weighted by atomic mass is 9.95. The molecule has 180 valence electrons. The number of nitrogens with zero attached hydrogens (tertiary/aromatic N) is 1. The van der Waals surface area contributed by atoms with Gasteiger partial charge in [-0.3, -0.25) is 9.59 Å². The Labute approximate surface area is 216 Å². The molecule has 3 aromatic rings. The Morgan fingerprint density at radius 2 is 1.69 bits per heavy atom. The summed E-state index contributed by atoms with van der Waals surface area (Å²) < 4.78 is 11.5. The fraction of sp³-hybridized carbons (Fsp3) is 0.185. The number of Topliss-reactive ketones (excluding diaryl/α,β-unsaturated/α-hetero) is 1. The predicted octanol–water partition coefficient (Wildman–Crippen LogP) is 5.78. The van der Waals surface area contributed by atoms with Gasteiger partial charge in [-0.1, -0.05) is 63.9 Å². The predicted molar refractivity (Wildman–Crippen MR) is 138 cm³/mol. The fourth-order valence-corrected chi connectivity index (χ4v) is 4.68. The number of methoxy groups -OCH3 is 2. The largest absolute Gasteiger partial charge is 0.507 e. The molecule has 1 fully saturated rings. The number of ether oxygens (including phenoxy) is 2. The van der Waals surface area contributed by atoms with Crippen molar-refractivity contribution in [2.24, 2.45) is 0 Å². The Hall–Kier alpha value is -3.29. The van der Waals surface area contributed by atoms with Crippen LogP contribution < -0.4 is 9.47 Å². The van der Waals surface area contributed by atoms with Gasteiger partial charge in [0.2, 0.25) is 0 Å². The second kappa shape index (κ2) is 10.5. The number of aliphatic hydroxyl groups is 1. The van der Waals surface area contributed by atoms with Gasteiger partial charge in [0.1, 0.15) is 5.76 Å². The number of aliphatic hydroxyl groups excluding tert-OH is 1. The van der Waals surface area contributed by atoms with E-state index in [1.807, 2.05) is 12.1 Å². The van der Waals surface area contributed by atoms with E-state index >= 15 is 0 Å². The van der Waals surface area contributed by atoms with Crippen molar-refractivity contribution in [3.63, 3.8) is 0 Å². The molecule has 0 aromatic heterocycles. The van der Waals surface area contributed by atoms with Gasteiger partial charge in [0, 0.05) is 21.6 Å². The average molecular weight is 557 g/mol. The Bertz CT molecular complexity index is 1310. The van der Waals surface area contributed by atoms with Gasteiger partial charge in [-0.25, -0.2) is 0 Å². The minimum Gasteiger partial charge on any atom is -0.507 e. The first kappa shape index (κ1) is 24.8. The Kier molecular flexibility index (Phi) is 7.48. The summed E-state index contributed by atoms with van der Waals surface area (Å²) in [6, 6.07) is 18.6. The number of likely N-dealkylation sites (tertiary alicyclic amines) is 1. The number of carbonyl (C=O) groups excluding carboxylic acids is 2. The number of hydrogen-bond acceptors (Lipinski definition) is 5. The minimum atomic E-state index is -0.826. The van der Waals surface area contributed by atoms with Crippen LogP contribution in [-0.2, 0) is 16.0 Å². The molecule has 1 heterocycles. The van der Waals surface area contributed by atoms with Gasteiger partial charge in [0.15, 0.2) is 11.5 Å². The van der Waals surface area contributed by atoms with Crippen molar-refractivity contribution in [1.82, 2.24) is 4.90 Å². The maximum Gasteiger partial charge on any atom is 0.295 e. The third-order valence-corrected chi connectivity index (χ3v) is 6.82. The molecule has 0 saturated carbocycles. The number of halogens is 2. The molecule has 1 N–H and O–H groups in total. The topological polar surface area (TPSA) is 76.1 Å². The molecule has 1 atom stereocenters. The Morgan fingerprint density at radius 1 is 1.00 bits per heavy atom. The van der Waals surface area contributed by atoms with E-state index in [0.717, 1.165) is 10.0 Å². The van der Waals surface area contributed by atoms with Gasteiger partial charge < -0.3 is 19.5 Å². The van der Waals surface area contributed by atoms with E-state index in [0.29, 0.717) is 34.1 Å². The summed E-state index contributed by atoms with van der Waals surface area (Å²) in [6.45, 7) is 0.229. The lowest BCUT2D eigenvalue weighted by Crippen LogP contribution is -2.31. The number of carbonyl (C=O) groups is 2.